The summed E-state index contributed by atoms with van der Waals surface area (Å²) >= 11 is 0. The van der Waals surface area contributed by atoms with Crippen molar-refractivity contribution in [2.45, 2.75) is 65.6 Å². The number of aromatic nitrogens is 2. The van der Waals surface area contributed by atoms with Crippen molar-refractivity contribution in [2.24, 2.45) is 0 Å². The largest absolute Gasteiger partial charge is 0.315 e. The molecule has 1 aliphatic rings. The van der Waals surface area contributed by atoms with Crippen LogP contribution in [-0.4, -0.2) is 40.4 Å². The lowest BCUT2D eigenvalue weighted by Crippen LogP contribution is -2.45. The minimum Gasteiger partial charge on any atom is -0.315 e. The zero-order chi connectivity index (χ0) is 14.4. The molecule has 1 unspecified atom stereocenters. The third-order valence-electron chi connectivity index (χ3n) is 4.21. The third kappa shape index (κ3) is 4.06. The first-order chi connectivity index (χ1) is 9.74. The van der Waals surface area contributed by atoms with E-state index in [9.17, 15) is 0 Å². The Balaban J connectivity index is 1.96. The first kappa shape index (κ1) is 15.5. The Morgan fingerprint density at radius 2 is 2.20 bits per heavy atom. The third-order valence-corrected chi connectivity index (χ3v) is 4.21. The zero-order valence-corrected chi connectivity index (χ0v) is 13.4. The lowest BCUT2D eigenvalue weighted by atomic mass is 10.0. The molecule has 1 aliphatic heterocycles. The van der Waals surface area contributed by atoms with Gasteiger partial charge in [0.1, 0.15) is 0 Å². The molecule has 0 amide bonds. The van der Waals surface area contributed by atoms with E-state index in [2.05, 4.69) is 46.8 Å². The highest BCUT2D eigenvalue weighted by Crippen LogP contribution is 2.19. The van der Waals surface area contributed by atoms with E-state index in [-0.39, 0.29) is 0 Å². The van der Waals surface area contributed by atoms with Crippen LogP contribution in [0.25, 0.3) is 0 Å². The Morgan fingerprint density at radius 3 is 2.95 bits per heavy atom. The molecule has 1 saturated heterocycles. The number of aryl methyl sites for hydroxylation is 2. The molecule has 0 bridgehead atoms. The lowest BCUT2D eigenvalue weighted by Gasteiger charge is -2.36. The minimum absolute atomic E-state index is 0.691. The molecule has 114 valence electrons. The molecule has 4 nitrogen and oxygen atoms in total. The van der Waals surface area contributed by atoms with E-state index in [4.69, 9.17) is 0 Å². The summed E-state index contributed by atoms with van der Waals surface area (Å²) in [5.74, 6) is 0. The molecule has 0 spiro atoms. The fraction of sp³-hybridized carbons (Fsp3) is 0.812. The second kappa shape index (κ2) is 7.79. The van der Waals surface area contributed by atoms with Gasteiger partial charge in [-0.3, -0.25) is 9.58 Å². The highest BCUT2D eigenvalue weighted by Gasteiger charge is 2.23. The molecule has 2 heterocycles. The van der Waals surface area contributed by atoms with Crippen molar-refractivity contribution in [3.05, 3.63) is 17.5 Å². The monoisotopic (exact) mass is 278 g/mol. The number of nitrogens with zero attached hydrogens (tertiary/aromatic N) is 3. The average molecular weight is 278 g/mol. The molecule has 1 fully saturated rings. The van der Waals surface area contributed by atoms with Crippen molar-refractivity contribution in [3.8, 4) is 0 Å². The second-order valence-electron chi connectivity index (χ2n) is 5.92. The molecule has 1 aromatic rings. The van der Waals surface area contributed by atoms with E-state index >= 15 is 0 Å². The lowest BCUT2D eigenvalue weighted by molar-refractivity contribution is 0.134. The van der Waals surface area contributed by atoms with Gasteiger partial charge in [-0.05, 0) is 52.3 Å². The number of rotatable bonds is 7. The Hall–Kier alpha value is -0.870. The minimum atomic E-state index is 0.691. The van der Waals surface area contributed by atoms with Gasteiger partial charge in [0.25, 0.3) is 0 Å². The number of piperidine rings is 1. The van der Waals surface area contributed by atoms with E-state index in [0.717, 1.165) is 31.9 Å². The highest BCUT2D eigenvalue weighted by molar-refractivity contribution is 5.09. The molecule has 4 heteroatoms. The van der Waals surface area contributed by atoms with Gasteiger partial charge in [-0.15, -0.1) is 0 Å². The molecule has 1 atom stereocenters. The van der Waals surface area contributed by atoms with Crippen molar-refractivity contribution in [1.82, 2.24) is 20.0 Å². The van der Waals surface area contributed by atoms with Crippen molar-refractivity contribution in [2.75, 3.05) is 19.6 Å². The van der Waals surface area contributed by atoms with Gasteiger partial charge >= 0.3 is 0 Å². The summed E-state index contributed by atoms with van der Waals surface area (Å²) in [6.45, 7) is 12.0. The quantitative estimate of drug-likeness (QED) is 0.778. The maximum Gasteiger partial charge on any atom is 0.0597 e. The molecule has 0 radical (unpaired) electrons. The summed E-state index contributed by atoms with van der Waals surface area (Å²) in [6, 6.07) is 2.94. The SMILES string of the molecule is CCCNCC1CCCCN1Cc1cc(C)nn1CC. The number of likely N-dealkylation sites (tertiary alicyclic amines) is 1. The fourth-order valence-electron chi connectivity index (χ4n) is 3.15. The summed E-state index contributed by atoms with van der Waals surface area (Å²) < 4.78 is 2.15. The van der Waals surface area contributed by atoms with Gasteiger partial charge in [-0.1, -0.05) is 13.3 Å². The van der Waals surface area contributed by atoms with E-state index < -0.39 is 0 Å². The standard InChI is InChI=1S/C16H30N4/c1-4-9-17-12-15-8-6-7-10-19(15)13-16-11-14(3)18-20(16)5-2/h11,15,17H,4-10,12-13H2,1-3H3. The van der Waals surface area contributed by atoms with Crippen molar-refractivity contribution < 1.29 is 0 Å². The van der Waals surface area contributed by atoms with E-state index in [0.29, 0.717) is 6.04 Å². The van der Waals surface area contributed by atoms with Crippen LogP contribution in [0, 0.1) is 6.92 Å². The molecular weight excluding hydrogens is 248 g/mol. The van der Waals surface area contributed by atoms with Crippen LogP contribution in [0.1, 0.15) is 50.9 Å². The van der Waals surface area contributed by atoms with Gasteiger partial charge < -0.3 is 5.32 Å². The first-order valence-electron chi connectivity index (χ1n) is 8.22. The smallest absolute Gasteiger partial charge is 0.0597 e. The Labute approximate surface area is 123 Å². The van der Waals surface area contributed by atoms with Crippen molar-refractivity contribution >= 4 is 0 Å². The maximum atomic E-state index is 4.57. The molecule has 0 aliphatic carbocycles. The van der Waals surface area contributed by atoms with Gasteiger partial charge in [-0.2, -0.15) is 5.10 Å². The first-order valence-corrected chi connectivity index (χ1v) is 8.22. The topological polar surface area (TPSA) is 33.1 Å². The Morgan fingerprint density at radius 1 is 1.35 bits per heavy atom. The summed E-state index contributed by atoms with van der Waals surface area (Å²) in [4.78, 5) is 2.65. The van der Waals surface area contributed by atoms with Gasteiger partial charge in [0.15, 0.2) is 0 Å². The van der Waals surface area contributed by atoms with Crippen LogP contribution in [-0.2, 0) is 13.1 Å². The van der Waals surface area contributed by atoms with Gasteiger partial charge in [0.2, 0.25) is 0 Å². The molecule has 1 aromatic heterocycles. The van der Waals surface area contributed by atoms with E-state index in [1.807, 2.05) is 0 Å². The zero-order valence-electron chi connectivity index (χ0n) is 13.4. The summed E-state index contributed by atoms with van der Waals surface area (Å²) in [5.41, 5.74) is 2.51. The number of nitrogens with one attached hydrogen (secondary N) is 1. The van der Waals surface area contributed by atoms with Crippen LogP contribution in [0.3, 0.4) is 0 Å². The molecule has 2 rings (SSSR count). The van der Waals surface area contributed by atoms with E-state index in [1.165, 1.54) is 37.9 Å². The Bertz CT molecular complexity index is 399. The van der Waals surface area contributed by atoms with Crippen LogP contribution < -0.4 is 5.32 Å². The van der Waals surface area contributed by atoms with Gasteiger partial charge in [-0.25, -0.2) is 0 Å². The molecular formula is C16H30N4. The average Bonchev–Trinajstić information content (AvgIpc) is 2.81. The highest BCUT2D eigenvalue weighted by atomic mass is 15.3. The molecule has 0 saturated carbocycles. The summed E-state index contributed by atoms with van der Waals surface area (Å²) in [7, 11) is 0. The van der Waals surface area contributed by atoms with Crippen LogP contribution >= 0.6 is 0 Å². The van der Waals surface area contributed by atoms with E-state index in [1.54, 1.807) is 0 Å². The molecule has 0 aromatic carbocycles. The van der Waals surface area contributed by atoms with Gasteiger partial charge in [0, 0.05) is 25.7 Å². The number of hydrogen-bond donors (Lipinski definition) is 1. The second-order valence-corrected chi connectivity index (χ2v) is 5.92. The van der Waals surface area contributed by atoms with Gasteiger partial charge in [0.05, 0.1) is 11.4 Å². The van der Waals surface area contributed by atoms with Crippen LogP contribution in [0.15, 0.2) is 6.07 Å². The fourth-order valence-corrected chi connectivity index (χ4v) is 3.15. The van der Waals surface area contributed by atoms with Crippen LogP contribution in [0.2, 0.25) is 0 Å². The summed E-state index contributed by atoms with van der Waals surface area (Å²) in [6.07, 6.45) is 5.26. The Kier molecular flexibility index (Phi) is 6.05. The predicted octanol–water partition coefficient (Wildman–Crippen LogP) is 2.57. The van der Waals surface area contributed by atoms with Crippen molar-refractivity contribution in [3.63, 3.8) is 0 Å². The van der Waals surface area contributed by atoms with Crippen LogP contribution in [0.4, 0.5) is 0 Å². The van der Waals surface area contributed by atoms with Crippen LogP contribution in [0.5, 0.6) is 0 Å². The normalized spacial score (nSPS) is 20.4. The molecule has 20 heavy (non-hydrogen) atoms. The molecule has 1 N–H and O–H groups in total. The predicted molar refractivity (Wildman–Crippen MR) is 83.8 cm³/mol. The maximum absolute atomic E-state index is 4.57. The van der Waals surface area contributed by atoms with Crippen molar-refractivity contribution in [1.29, 1.82) is 0 Å². The number of hydrogen-bond acceptors (Lipinski definition) is 3. The summed E-state index contributed by atoms with van der Waals surface area (Å²) in [5, 5.41) is 8.16.